The molecule has 1 rings (SSSR count). The van der Waals surface area contributed by atoms with Crippen LogP contribution in [-0.2, 0) is 16.1 Å². The Hall–Kier alpha value is -1.62. The molecule has 1 N–H and O–H groups in total. The van der Waals surface area contributed by atoms with Crippen LogP contribution in [0.3, 0.4) is 0 Å². The molecule has 0 saturated carbocycles. The first kappa shape index (κ1) is 16.4. The van der Waals surface area contributed by atoms with Crippen molar-refractivity contribution in [3.63, 3.8) is 0 Å². The predicted molar refractivity (Wildman–Crippen MR) is 75.1 cm³/mol. The molecule has 4 nitrogen and oxygen atoms in total. The lowest BCUT2D eigenvalue weighted by Gasteiger charge is -2.15. The van der Waals surface area contributed by atoms with Crippen LogP contribution in [-0.4, -0.2) is 24.7 Å². The van der Waals surface area contributed by atoms with E-state index in [1.807, 2.05) is 13.8 Å². The van der Waals surface area contributed by atoms with Crippen LogP contribution in [0.4, 0.5) is 4.39 Å². The molecule has 0 heterocycles. The summed E-state index contributed by atoms with van der Waals surface area (Å²) in [5.41, 5.74) is 0.768. The number of halogens is 1. The first-order valence-electron chi connectivity index (χ1n) is 6.78. The molecule has 0 aliphatic carbocycles. The zero-order chi connectivity index (χ0) is 15.1. The van der Waals surface area contributed by atoms with Crippen molar-refractivity contribution in [1.82, 2.24) is 5.32 Å². The Kier molecular flexibility index (Phi) is 6.45. The van der Waals surface area contributed by atoms with Gasteiger partial charge in [-0.2, -0.15) is 0 Å². The molecule has 0 aliphatic rings. The molecular weight excluding hydrogens is 261 g/mol. The molecule has 0 amide bonds. The van der Waals surface area contributed by atoms with Gasteiger partial charge in [0, 0.05) is 18.7 Å². The molecule has 20 heavy (non-hydrogen) atoms. The molecule has 0 saturated heterocycles. The van der Waals surface area contributed by atoms with Gasteiger partial charge < -0.3 is 14.8 Å². The standard InChI is InChI=1S/C15H22FNO3/c1-5-19-15(18)11(4)20-14-7-12(6-13(16)8-14)9-17-10(2)3/h6-8,10-11,17H,5,9H2,1-4H3. The molecule has 1 aromatic rings. The summed E-state index contributed by atoms with van der Waals surface area (Å²) in [6.07, 6.45) is -0.761. The van der Waals surface area contributed by atoms with Crippen molar-refractivity contribution in [3.05, 3.63) is 29.6 Å². The highest BCUT2D eigenvalue weighted by Gasteiger charge is 2.16. The van der Waals surface area contributed by atoms with E-state index in [0.29, 0.717) is 24.9 Å². The highest BCUT2D eigenvalue weighted by molar-refractivity contribution is 5.74. The van der Waals surface area contributed by atoms with Crippen molar-refractivity contribution >= 4 is 5.97 Å². The molecule has 1 atom stereocenters. The van der Waals surface area contributed by atoms with E-state index in [0.717, 1.165) is 5.56 Å². The number of rotatable bonds is 7. The Balaban J connectivity index is 2.72. The summed E-state index contributed by atoms with van der Waals surface area (Å²) in [4.78, 5) is 11.5. The SMILES string of the molecule is CCOC(=O)C(C)Oc1cc(F)cc(CNC(C)C)c1. The normalized spacial score (nSPS) is 12.3. The fraction of sp³-hybridized carbons (Fsp3) is 0.533. The molecular formula is C15H22FNO3. The van der Waals surface area contributed by atoms with E-state index >= 15 is 0 Å². The van der Waals surface area contributed by atoms with Crippen LogP contribution in [0.15, 0.2) is 18.2 Å². The third-order valence-electron chi connectivity index (χ3n) is 2.58. The number of nitrogens with one attached hydrogen (secondary N) is 1. The first-order valence-corrected chi connectivity index (χ1v) is 6.78. The maximum Gasteiger partial charge on any atom is 0.347 e. The lowest BCUT2D eigenvalue weighted by Crippen LogP contribution is -2.26. The van der Waals surface area contributed by atoms with Crippen LogP contribution < -0.4 is 10.1 Å². The zero-order valence-electron chi connectivity index (χ0n) is 12.4. The summed E-state index contributed by atoms with van der Waals surface area (Å²) < 4.78 is 23.8. The van der Waals surface area contributed by atoms with Crippen molar-refractivity contribution in [2.75, 3.05) is 6.61 Å². The van der Waals surface area contributed by atoms with E-state index in [1.54, 1.807) is 19.9 Å². The van der Waals surface area contributed by atoms with E-state index in [9.17, 15) is 9.18 Å². The van der Waals surface area contributed by atoms with Crippen molar-refractivity contribution in [1.29, 1.82) is 0 Å². The maximum atomic E-state index is 13.5. The number of carbonyl (C=O) groups is 1. The monoisotopic (exact) mass is 283 g/mol. The van der Waals surface area contributed by atoms with Crippen LogP contribution in [0.5, 0.6) is 5.75 Å². The van der Waals surface area contributed by atoms with Crippen molar-refractivity contribution in [2.24, 2.45) is 0 Å². The molecule has 112 valence electrons. The second-order valence-electron chi connectivity index (χ2n) is 4.84. The van der Waals surface area contributed by atoms with E-state index in [4.69, 9.17) is 9.47 Å². The molecule has 0 spiro atoms. The molecule has 0 aliphatic heterocycles. The molecule has 0 radical (unpaired) electrons. The summed E-state index contributed by atoms with van der Waals surface area (Å²) in [5, 5.41) is 3.20. The van der Waals surface area contributed by atoms with Gasteiger partial charge in [0.1, 0.15) is 11.6 Å². The summed E-state index contributed by atoms with van der Waals surface area (Å²) in [5.74, 6) is -0.524. The highest BCUT2D eigenvalue weighted by atomic mass is 19.1. The van der Waals surface area contributed by atoms with Gasteiger partial charge >= 0.3 is 5.97 Å². The summed E-state index contributed by atoms with van der Waals surface area (Å²) in [6.45, 7) is 8.16. The average molecular weight is 283 g/mol. The Labute approximate surface area is 119 Å². The van der Waals surface area contributed by atoms with E-state index in [-0.39, 0.29) is 5.82 Å². The molecule has 1 aromatic carbocycles. The average Bonchev–Trinajstić information content (AvgIpc) is 2.36. The Morgan fingerprint density at radius 1 is 1.30 bits per heavy atom. The third kappa shape index (κ3) is 5.57. The minimum atomic E-state index is -0.761. The lowest BCUT2D eigenvalue weighted by atomic mass is 10.2. The smallest absolute Gasteiger partial charge is 0.347 e. The van der Waals surface area contributed by atoms with Crippen LogP contribution in [0.2, 0.25) is 0 Å². The second-order valence-corrected chi connectivity index (χ2v) is 4.84. The van der Waals surface area contributed by atoms with Crippen LogP contribution in [0, 0.1) is 5.82 Å². The molecule has 5 heteroatoms. The van der Waals surface area contributed by atoms with Gasteiger partial charge in [-0.1, -0.05) is 13.8 Å². The van der Waals surface area contributed by atoms with Gasteiger partial charge in [-0.25, -0.2) is 9.18 Å². The lowest BCUT2D eigenvalue weighted by molar-refractivity contribution is -0.150. The fourth-order valence-electron chi connectivity index (χ4n) is 1.62. The number of hydrogen-bond donors (Lipinski definition) is 1. The van der Waals surface area contributed by atoms with Gasteiger partial charge in [0.05, 0.1) is 6.61 Å². The zero-order valence-corrected chi connectivity index (χ0v) is 12.4. The second kappa shape index (κ2) is 7.85. The first-order chi connectivity index (χ1) is 9.42. The largest absolute Gasteiger partial charge is 0.479 e. The Morgan fingerprint density at radius 2 is 2.00 bits per heavy atom. The molecule has 0 bridgehead atoms. The van der Waals surface area contributed by atoms with Gasteiger partial charge in [-0.05, 0) is 31.5 Å². The van der Waals surface area contributed by atoms with Gasteiger partial charge in [0.25, 0.3) is 0 Å². The predicted octanol–water partition coefficient (Wildman–Crippen LogP) is 2.65. The van der Waals surface area contributed by atoms with Gasteiger partial charge in [0.15, 0.2) is 6.10 Å². The Morgan fingerprint density at radius 3 is 2.60 bits per heavy atom. The van der Waals surface area contributed by atoms with Crippen molar-refractivity contribution in [2.45, 2.75) is 46.4 Å². The number of ether oxygens (including phenoxy) is 2. The van der Waals surface area contributed by atoms with Crippen molar-refractivity contribution in [3.8, 4) is 5.75 Å². The summed E-state index contributed by atoms with van der Waals surface area (Å²) in [7, 11) is 0. The Bertz CT molecular complexity index is 449. The number of carbonyl (C=O) groups excluding carboxylic acids is 1. The van der Waals surface area contributed by atoms with Gasteiger partial charge in [-0.15, -0.1) is 0 Å². The van der Waals surface area contributed by atoms with E-state index in [2.05, 4.69) is 5.32 Å². The number of hydrogen-bond acceptors (Lipinski definition) is 4. The summed E-state index contributed by atoms with van der Waals surface area (Å²) in [6, 6.07) is 4.72. The molecule has 0 aromatic heterocycles. The van der Waals surface area contributed by atoms with Crippen LogP contribution >= 0.6 is 0 Å². The number of benzene rings is 1. The fourth-order valence-corrected chi connectivity index (χ4v) is 1.62. The van der Waals surface area contributed by atoms with E-state index < -0.39 is 12.1 Å². The third-order valence-corrected chi connectivity index (χ3v) is 2.58. The highest BCUT2D eigenvalue weighted by Crippen LogP contribution is 2.18. The molecule has 1 unspecified atom stereocenters. The van der Waals surface area contributed by atoms with Crippen molar-refractivity contribution < 1.29 is 18.7 Å². The topological polar surface area (TPSA) is 47.6 Å². The number of esters is 1. The summed E-state index contributed by atoms with van der Waals surface area (Å²) >= 11 is 0. The van der Waals surface area contributed by atoms with Crippen LogP contribution in [0.1, 0.15) is 33.3 Å². The molecule has 0 fully saturated rings. The maximum absolute atomic E-state index is 13.5. The van der Waals surface area contributed by atoms with Crippen LogP contribution in [0.25, 0.3) is 0 Å². The van der Waals surface area contributed by atoms with E-state index in [1.165, 1.54) is 12.1 Å². The van der Waals surface area contributed by atoms with Gasteiger partial charge in [-0.3, -0.25) is 0 Å². The van der Waals surface area contributed by atoms with Gasteiger partial charge in [0.2, 0.25) is 0 Å². The minimum Gasteiger partial charge on any atom is -0.479 e. The quantitative estimate of drug-likeness (QED) is 0.782. The minimum absolute atomic E-state index is 0.291.